The fourth-order valence-corrected chi connectivity index (χ4v) is 1.24. The molecule has 1 aromatic carbocycles. The van der Waals surface area contributed by atoms with Gasteiger partial charge in [0.1, 0.15) is 0 Å². The highest BCUT2D eigenvalue weighted by Crippen LogP contribution is 1.96. The van der Waals surface area contributed by atoms with Crippen LogP contribution in [0.3, 0.4) is 0 Å². The van der Waals surface area contributed by atoms with Gasteiger partial charge in [-0.25, -0.2) is 0 Å². The van der Waals surface area contributed by atoms with E-state index in [0.29, 0.717) is 23.8 Å². The standard InChI is InChI=1S/C11H15N3O2S/c1-16-8-7-12-11(17)14-13-10(15)9-5-3-2-4-6-9/h2-6H,7-8H2,1H3,(H,13,15)(H2,12,14,17). The first-order valence-corrected chi connectivity index (χ1v) is 5.53. The molecule has 0 aliphatic carbocycles. The molecule has 92 valence electrons. The molecule has 0 unspecified atom stereocenters. The molecule has 3 N–H and O–H groups in total. The molecule has 5 nitrogen and oxygen atoms in total. The average Bonchev–Trinajstić information content (AvgIpc) is 2.37. The van der Waals surface area contributed by atoms with Gasteiger partial charge >= 0.3 is 0 Å². The monoisotopic (exact) mass is 253 g/mol. The predicted octanol–water partition coefficient (Wildman–Crippen LogP) is 0.442. The van der Waals surface area contributed by atoms with Crippen molar-refractivity contribution in [3.63, 3.8) is 0 Å². The number of rotatable bonds is 4. The number of benzene rings is 1. The van der Waals surface area contributed by atoms with Crippen molar-refractivity contribution in [3.8, 4) is 0 Å². The minimum atomic E-state index is -0.235. The molecule has 0 heterocycles. The largest absolute Gasteiger partial charge is 0.383 e. The van der Waals surface area contributed by atoms with Gasteiger partial charge in [-0.2, -0.15) is 0 Å². The second-order valence-corrected chi connectivity index (χ2v) is 3.60. The lowest BCUT2D eigenvalue weighted by molar-refractivity contribution is 0.0943. The van der Waals surface area contributed by atoms with Crippen molar-refractivity contribution in [2.75, 3.05) is 20.3 Å². The Morgan fingerprint density at radius 2 is 2.00 bits per heavy atom. The smallest absolute Gasteiger partial charge is 0.269 e. The van der Waals surface area contributed by atoms with Gasteiger partial charge in [0.2, 0.25) is 0 Å². The first-order chi connectivity index (χ1) is 8.24. The van der Waals surface area contributed by atoms with E-state index in [1.54, 1.807) is 31.4 Å². The van der Waals surface area contributed by atoms with Crippen LogP contribution in [-0.4, -0.2) is 31.3 Å². The third-order valence-electron chi connectivity index (χ3n) is 1.92. The third-order valence-corrected chi connectivity index (χ3v) is 2.16. The van der Waals surface area contributed by atoms with Crippen LogP contribution in [0.5, 0.6) is 0 Å². The van der Waals surface area contributed by atoms with Crippen LogP contribution in [0, 0.1) is 0 Å². The number of hydrazine groups is 1. The van der Waals surface area contributed by atoms with Crippen LogP contribution in [0.2, 0.25) is 0 Å². The normalized spacial score (nSPS) is 9.47. The number of carbonyl (C=O) groups excluding carboxylic acids is 1. The summed E-state index contributed by atoms with van der Waals surface area (Å²) in [6.07, 6.45) is 0. The lowest BCUT2D eigenvalue weighted by atomic mass is 10.2. The quantitative estimate of drug-likeness (QED) is 0.413. The van der Waals surface area contributed by atoms with E-state index < -0.39 is 0 Å². The lowest BCUT2D eigenvalue weighted by Gasteiger charge is -2.11. The Labute approximate surface area is 106 Å². The van der Waals surface area contributed by atoms with Crippen molar-refractivity contribution >= 4 is 23.2 Å². The second-order valence-electron chi connectivity index (χ2n) is 3.19. The summed E-state index contributed by atoms with van der Waals surface area (Å²) >= 11 is 4.94. The maximum Gasteiger partial charge on any atom is 0.269 e. The second kappa shape index (κ2) is 7.59. The molecule has 0 atom stereocenters. The average molecular weight is 253 g/mol. The molecule has 1 aromatic rings. The molecule has 0 bridgehead atoms. The minimum Gasteiger partial charge on any atom is -0.383 e. The first kappa shape index (κ1) is 13.4. The molecule has 0 saturated carbocycles. The Hall–Kier alpha value is -1.66. The fraction of sp³-hybridized carbons (Fsp3) is 0.273. The molecule has 1 amide bonds. The van der Waals surface area contributed by atoms with E-state index in [4.69, 9.17) is 17.0 Å². The predicted molar refractivity (Wildman–Crippen MR) is 69.5 cm³/mol. The van der Waals surface area contributed by atoms with Gasteiger partial charge in [0.05, 0.1) is 6.61 Å². The summed E-state index contributed by atoms with van der Waals surface area (Å²) in [7, 11) is 1.61. The van der Waals surface area contributed by atoms with Gasteiger partial charge in [0.25, 0.3) is 5.91 Å². The Morgan fingerprint density at radius 1 is 1.29 bits per heavy atom. The number of thiocarbonyl (C=S) groups is 1. The van der Waals surface area contributed by atoms with E-state index >= 15 is 0 Å². The van der Waals surface area contributed by atoms with Gasteiger partial charge in [-0.05, 0) is 24.4 Å². The molecule has 0 aliphatic rings. The van der Waals surface area contributed by atoms with E-state index in [-0.39, 0.29) is 5.91 Å². The Kier molecular flexibility index (Phi) is 5.98. The Balaban J connectivity index is 2.26. The first-order valence-electron chi connectivity index (χ1n) is 5.12. The molecule has 0 aromatic heterocycles. The third kappa shape index (κ3) is 5.28. The lowest BCUT2D eigenvalue weighted by Crippen LogP contribution is -2.47. The van der Waals surface area contributed by atoms with E-state index in [1.807, 2.05) is 6.07 Å². The highest BCUT2D eigenvalue weighted by atomic mass is 32.1. The molecule has 0 saturated heterocycles. The zero-order chi connectivity index (χ0) is 12.5. The molecule has 0 aliphatic heterocycles. The summed E-state index contributed by atoms with van der Waals surface area (Å²) in [5.74, 6) is -0.235. The van der Waals surface area contributed by atoms with E-state index in [0.717, 1.165) is 0 Å². The zero-order valence-electron chi connectivity index (χ0n) is 9.53. The molecular formula is C11H15N3O2S. The van der Waals surface area contributed by atoms with Crippen molar-refractivity contribution in [1.29, 1.82) is 0 Å². The maximum absolute atomic E-state index is 11.6. The van der Waals surface area contributed by atoms with Gasteiger partial charge in [-0.3, -0.25) is 15.6 Å². The number of nitrogens with one attached hydrogen (secondary N) is 3. The number of ether oxygens (including phenoxy) is 1. The van der Waals surface area contributed by atoms with Crippen molar-refractivity contribution < 1.29 is 9.53 Å². The van der Waals surface area contributed by atoms with Gasteiger partial charge < -0.3 is 10.1 Å². The van der Waals surface area contributed by atoms with Crippen LogP contribution in [0.1, 0.15) is 10.4 Å². The van der Waals surface area contributed by atoms with Crippen molar-refractivity contribution in [2.45, 2.75) is 0 Å². The summed E-state index contributed by atoms with van der Waals surface area (Å²) < 4.78 is 4.85. The number of amides is 1. The topological polar surface area (TPSA) is 62.4 Å². The van der Waals surface area contributed by atoms with Gasteiger partial charge in [-0.1, -0.05) is 18.2 Å². The zero-order valence-corrected chi connectivity index (χ0v) is 10.3. The Morgan fingerprint density at radius 3 is 2.65 bits per heavy atom. The summed E-state index contributed by atoms with van der Waals surface area (Å²) in [5, 5.41) is 3.22. The summed E-state index contributed by atoms with van der Waals surface area (Å²) in [6, 6.07) is 8.88. The fourth-order valence-electron chi connectivity index (χ4n) is 1.09. The van der Waals surface area contributed by atoms with Crippen molar-refractivity contribution in [2.24, 2.45) is 0 Å². The molecular weight excluding hydrogens is 238 g/mol. The van der Waals surface area contributed by atoms with Gasteiger partial charge in [0.15, 0.2) is 5.11 Å². The Bertz CT molecular complexity index is 370. The molecule has 6 heteroatoms. The van der Waals surface area contributed by atoms with Crippen LogP contribution in [-0.2, 0) is 4.74 Å². The number of carbonyl (C=O) groups is 1. The van der Waals surface area contributed by atoms with Crippen LogP contribution < -0.4 is 16.2 Å². The van der Waals surface area contributed by atoms with Crippen LogP contribution in [0.25, 0.3) is 0 Å². The van der Waals surface area contributed by atoms with Crippen LogP contribution >= 0.6 is 12.2 Å². The van der Waals surface area contributed by atoms with Gasteiger partial charge in [-0.15, -0.1) is 0 Å². The minimum absolute atomic E-state index is 0.235. The summed E-state index contributed by atoms with van der Waals surface area (Å²) in [4.78, 5) is 11.6. The molecule has 0 spiro atoms. The van der Waals surface area contributed by atoms with Crippen molar-refractivity contribution in [1.82, 2.24) is 16.2 Å². The molecule has 17 heavy (non-hydrogen) atoms. The highest BCUT2D eigenvalue weighted by molar-refractivity contribution is 7.80. The number of hydrogen-bond donors (Lipinski definition) is 3. The van der Waals surface area contributed by atoms with Crippen molar-refractivity contribution in [3.05, 3.63) is 35.9 Å². The van der Waals surface area contributed by atoms with Gasteiger partial charge in [0, 0.05) is 19.2 Å². The SMILES string of the molecule is COCCNC(=S)NNC(=O)c1ccccc1. The highest BCUT2D eigenvalue weighted by Gasteiger charge is 2.03. The summed E-state index contributed by atoms with van der Waals surface area (Å²) in [5.41, 5.74) is 5.67. The molecule has 0 radical (unpaired) electrons. The van der Waals surface area contributed by atoms with Crippen LogP contribution in [0.4, 0.5) is 0 Å². The maximum atomic E-state index is 11.6. The van der Waals surface area contributed by atoms with Crippen LogP contribution in [0.15, 0.2) is 30.3 Å². The molecule has 1 rings (SSSR count). The van der Waals surface area contributed by atoms with E-state index in [2.05, 4.69) is 16.2 Å². The van der Waals surface area contributed by atoms with E-state index in [9.17, 15) is 4.79 Å². The number of hydrogen-bond acceptors (Lipinski definition) is 3. The molecule has 0 fully saturated rings. The number of methoxy groups -OCH3 is 1. The summed E-state index contributed by atoms with van der Waals surface area (Å²) in [6.45, 7) is 1.14. The van der Waals surface area contributed by atoms with E-state index in [1.165, 1.54) is 0 Å².